The molecule has 1 heterocycles. The van der Waals surface area contributed by atoms with Crippen LogP contribution in [0.15, 0.2) is 53.4 Å². The number of ketones is 1. The molecule has 0 aromatic heterocycles. The van der Waals surface area contributed by atoms with Gasteiger partial charge in [-0.3, -0.25) is 24.0 Å². The number of likely N-dealkylation sites (tertiary alicyclic amines) is 1. The van der Waals surface area contributed by atoms with E-state index >= 15 is 0 Å². The number of rotatable bonds is 10. The molecule has 2 atom stereocenters. The maximum atomic E-state index is 13.1. The molecule has 44 heavy (non-hydrogen) atoms. The molecular formula is C28H30ClF3N4O7S. The number of Topliss-reactive ketones (excluding diaryl/α,β-unsaturated/α-hetero) is 1. The van der Waals surface area contributed by atoms with E-state index in [1.807, 2.05) is 4.72 Å². The molecule has 2 aromatic carbocycles. The Morgan fingerprint density at radius 3 is 2.07 bits per heavy atom. The fraction of sp³-hybridized carbons (Fsp3) is 0.393. The quantitative estimate of drug-likeness (QED) is 0.354. The van der Waals surface area contributed by atoms with Crippen LogP contribution in [0.1, 0.15) is 53.8 Å². The Labute approximate surface area is 256 Å². The van der Waals surface area contributed by atoms with Gasteiger partial charge in [-0.25, -0.2) is 13.1 Å². The zero-order valence-electron chi connectivity index (χ0n) is 23.6. The summed E-state index contributed by atoms with van der Waals surface area (Å²) < 4.78 is 65.7. The minimum absolute atomic E-state index is 0.0499. The normalized spacial score (nSPS) is 16.6. The molecule has 1 saturated heterocycles. The standard InChI is InChI=1S/C28H30ClF3N4O7S/c1-16(2)23(24(38)28(30,31)32)34-22(37)15-36-14-4-3-5-21(27(36)41)33-25(39)17-6-8-18(9-7-17)26(40)35-44(42,43)20-12-10-19(29)11-13-20/h6-13,16,21,23H,3-5,14-15H2,1-2H3,(H,33,39)(H,34,37)(H,35,40)/t21-,23?/m0/s1. The number of halogens is 4. The lowest BCUT2D eigenvalue weighted by Gasteiger charge is -2.27. The Bertz CT molecular complexity index is 1520. The van der Waals surface area contributed by atoms with Gasteiger partial charge in [0.1, 0.15) is 6.04 Å². The largest absolute Gasteiger partial charge is 0.452 e. The van der Waals surface area contributed by atoms with Gasteiger partial charge in [0.05, 0.1) is 17.5 Å². The lowest BCUT2D eigenvalue weighted by molar-refractivity contribution is -0.175. The van der Waals surface area contributed by atoms with Crippen LogP contribution in [-0.4, -0.2) is 74.1 Å². The minimum Gasteiger partial charge on any atom is -0.344 e. The van der Waals surface area contributed by atoms with E-state index in [-0.39, 0.29) is 29.0 Å². The van der Waals surface area contributed by atoms with Crippen LogP contribution in [0.2, 0.25) is 5.02 Å². The molecule has 0 bridgehead atoms. The molecule has 11 nitrogen and oxygen atoms in total. The first kappa shape index (κ1) is 34.5. The first-order valence-electron chi connectivity index (χ1n) is 13.4. The molecular weight excluding hydrogens is 629 g/mol. The van der Waals surface area contributed by atoms with Crippen molar-refractivity contribution in [3.05, 3.63) is 64.7 Å². The number of carbonyl (C=O) groups excluding carboxylic acids is 5. The SMILES string of the molecule is CC(C)C(NC(=O)CN1CCCC[C@H](NC(=O)c2ccc(C(=O)NS(=O)(=O)c3ccc(Cl)cc3)cc2)C1=O)C(=O)C(F)(F)F. The first-order chi connectivity index (χ1) is 20.5. The predicted molar refractivity (Wildman–Crippen MR) is 152 cm³/mol. The molecule has 4 amide bonds. The molecule has 238 valence electrons. The van der Waals surface area contributed by atoms with E-state index in [2.05, 4.69) is 10.6 Å². The summed E-state index contributed by atoms with van der Waals surface area (Å²) in [5, 5.41) is 4.94. The third-order valence-corrected chi connectivity index (χ3v) is 8.32. The third-order valence-electron chi connectivity index (χ3n) is 6.73. The Morgan fingerprint density at radius 2 is 1.52 bits per heavy atom. The van der Waals surface area contributed by atoms with Crippen molar-refractivity contribution in [3.63, 3.8) is 0 Å². The fourth-order valence-electron chi connectivity index (χ4n) is 4.37. The molecule has 0 radical (unpaired) electrons. The zero-order valence-corrected chi connectivity index (χ0v) is 25.2. The molecule has 3 N–H and O–H groups in total. The highest BCUT2D eigenvalue weighted by atomic mass is 35.5. The molecule has 2 aromatic rings. The molecule has 0 aliphatic carbocycles. The fourth-order valence-corrected chi connectivity index (χ4v) is 5.47. The van der Waals surface area contributed by atoms with Crippen molar-refractivity contribution >= 4 is 51.0 Å². The van der Waals surface area contributed by atoms with Gasteiger partial charge < -0.3 is 15.5 Å². The molecule has 1 aliphatic heterocycles. The average Bonchev–Trinajstić information content (AvgIpc) is 3.11. The van der Waals surface area contributed by atoms with Crippen molar-refractivity contribution in [3.8, 4) is 0 Å². The monoisotopic (exact) mass is 658 g/mol. The van der Waals surface area contributed by atoms with Gasteiger partial charge in [-0.15, -0.1) is 0 Å². The van der Waals surface area contributed by atoms with Gasteiger partial charge in [0.15, 0.2) is 0 Å². The van der Waals surface area contributed by atoms with Gasteiger partial charge in [-0.1, -0.05) is 25.4 Å². The molecule has 3 rings (SSSR count). The Morgan fingerprint density at radius 1 is 0.955 bits per heavy atom. The summed E-state index contributed by atoms with van der Waals surface area (Å²) in [6, 6.07) is 7.25. The average molecular weight is 659 g/mol. The lowest BCUT2D eigenvalue weighted by atomic mass is 9.99. The highest BCUT2D eigenvalue weighted by Gasteiger charge is 2.45. The summed E-state index contributed by atoms with van der Waals surface area (Å²) in [7, 11) is -4.19. The van der Waals surface area contributed by atoms with E-state index in [0.29, 0.717) is 17.9 Å². The smallest absolute Gasteiger partial charge is 0.344 e. The second kappa shape index (κ2) is 14.2. The van der Waals surface area contributed by atoms with Crippen molar-refractivity contribution in [1.29, 1.82) is 0 Å². The summed E-state index contributed by atoms with van der Waals surface area (Å²) in [5.74, 6) is -6.17. The summed E-state index contributed by atoms with van der Waals surface area (Å²) >= 11 is 5.76. The van der Waals surface area contributed by atoms with E-state index < -0.39 is 70.2 Å². The van der Waals surface area contributed by atoms with Crippen LogP contribution >= 0.6 is 11.6 Å². The summed E-state index contributed by atoms with van der Waals surface area (Å²) in [4.78, 5) is 63.8. The Kier molecular flexibility index (Phi) is 11.1. The van der Waals surface area contributed by atoms with Crippen LogP contribution < -0.4 is 15.4 Å². The maximum Gasteiger partial charge on any atom is 0.452 e. The second-order valence-electron chi connectivity index (χ2n) is 10.4. The molecule has 1 unspecified atom stereocenters. The molecule has 0 spiro atoms. The van der Waals surface area contributed by atoms with Crippen LogP contribution in [-0.2, 0) is 24.4 Å². The summed E-state index contributed by atoms with van der Waals surface area (Å²) in [6.45, 7) is 2.20. The van der Waals surface area contributed by atoms with Crippen molar-refractivity contribution in [2.45, 2.75) is 56.3 Å². The van der Waals surface area contributed by atoms with Gasteiger partial charge in [-0.2, -0.15) is 13.2 Å². The van der Waals surface area contributed by atoms with Crippen LogP contribution in [0.25, 0.3) is 0 Å². The van der Waals surface area contributed by atoms with E-state index in [1.165, 1.54) is 62.4 Å². The molecule has 1 fully saturated rings. The molecule has 16 heteroatoms. The number of nitrogens with zero attached hydrogens (tertiary/aromatic N) is 1. The van der Waals surface area contributed by atoms with Crippen LogP contribution in [0.3, 0.4) is 0 Å². The number of nitrogens with one attached hydrogen (secondary N) is 3. The highest BCUT2D eigenvalue weighted by molar-refractivity contribution is 7.90. The summed E-state index contributed by atoms with van der Waals surface area (Å²) in [5.41, 5.74) is -0.0144. The first-order valence-corrected chi connectivity index (χ1v) is 15.3. The van der Waals surface area contributed by atoms with Gasteiger partial charge in [0, 0.05) is 22.7 Å². The Balaban J connectivity index is 1.63. The topological polar surface area (TPSA) is 159 Å². The van der Waals surface area contributed by atoms with Crippen molar-refractivity contribution in [2.75, 3.05) is 13.1 Å². The van der Waals surface area contributed by atoms with Crippen LogP contribution in [0.4, 0.5) is 13.2 Å². The van der Waals surface area contributed by atoms with E-state index in [0.717, 1.165) is 4.90 Å². The number of hydrogen-bond acceptors (Lipinski definition) is 7. The zero-order chi connectivity index (χ0) is 32.8. The number of carbonyl (C=O) groups is 5. The van der Waals surface area contributed by atoms with Gasteiger partial charge in [0.2, 0.25) is 11.8 Å². The van der Waals surface area contributed by atoms with Crippen LogP contribution in [0.5, 0.6) is 0 Å². The Hall–Kier alpha value is -3.98. The van der Waals surface area contributed by atoms with E-state index in [4.69, 9.17) is 11.6 Å². The summed E-state index contributed by atoms with van der Waals surface area (Å²) in [6.07, 6.45) is -3.96. The molecule has 1 aliphatic rings. The number of benzene rings is 2. The van der Waals surface area contributed by atoms with Crippen LogP contribution in [0, 0.1) is 5.92 Å². The van der Waals surface area contributed by atoms with E-state index in [1.54, 1.807) is 0 Å². The number of sulfonamides is 1. The van der Waals surface area contributed by atoms with Gasteiger partial charge in [-0.05, 0) is 73.7 Å². The van der Waals surface area contributed by atoms with E-state index in [9.17, 15) is 45.6 Å². The van der Waals surface area contributed by atoms with Gasteiger partial charge >= 0.3 is 6.18 Å². The predicted octanol–water partition coefficient (Wildman–Crippen LogP) is 2.84. The van der Waals surface area contributed by atoms with Crippen molar-refractivity contribution < 1.29 is 45.6 Å². The number of alkyl halides is 3. The van der Waals surface area contributed by atoms with Gasteiger partial charge in [0.25, 0.3) is 27.6 Å². The lowest BCUT2D eigenvalue weighted by Crippen LogP contribution is -2.54. The second-order valence-corrected chi connectivity index (χ2v) is 12.5. The highest BCUT2D eigenvalue weighted by Crippen LogP contribution is 2.21. The molecule has 0 saturated carbocycles. The number of amides is 4. The van der Waals surface area contributed by atoms with Crippen molar-refractivity contribution in [2.24, 2.45) is 5.92 Å². The maximum absolute atomic E-state index is 13.1. The number of hydrogen-bond donors (Lipinski definition) is 3. The third kappa shape index (κ3) is 9.02. The minimum atomic E-state index is -5.15. The van der Waals surface area contributed by atoms with Crippen molar-refractivity contribution in [1.82, 2.24) is 20.3 Å².